The Hall–Kier alpha value is -3.93. The number of carbonyl (C=O) groups is 1. The highest BCUT2D eigenvalue weighted by molar-refractivity contribution is 7.91. The average molecular weight is 574 g/mol. The highest BCUT2D eigenvalue weighted by Gasteiger charge is 2.40. The minimum absolute atomic E-state index is 0.104. The first kappa shape index (κ1) is 27.3. The van der Waals surface area contributed by atoms with E-state index in [1.165, 1.54) is 6.07 Å². The molecule has 1 fully saturated rings. The molecule has 10 nitrogen and oxygen atoms in total. The predicted molar refractivity (Wildman–Crippen MR) is 154 cm³/mol. The third-order valence-corrected chi connectivity index (χ3v) is 9.35. The van der Waals surface area contributed by atoms with E-state index in [1.54, 1.807) is 25.4 Å². The van der Waals surface area contributed by atoms with Crippen LogP contribution >= 0.6 is 0 Å². The van der Waals surface area contributed by atoms with E-state index < -0.39 is 9.84 Å². The van der Waals surface area contributed by atoms with Gasteiger partial charge in [0, 0.05) is 43.3 Å². The molecule has 1 amide bonds. The summed E-state index contributed by atoms with van der Waals surface area (Å²) >= 11 is 0. The van der Waals surface area contributed by atoms with Gasteiger partial charge in [0.2, 0.25) is 0 Å². The lowest BCUT2D eigenvalue weighted by Crippen LogP contribution is -2.24. The van der Waals surface area contributed by atoms with Crippen LogP contribution in [0.1, 0.15) is 28.0 Å². The van der Waals surface area contributed by atoms with Gasteiger partial charge in [-0.2, -0.15) is 0 Å². The Kier molecular flexibility index (Phi) is 7.41. The standard InChI is InChI=1S/C30H31N5O5S/c1-35(27-12-22(27)17-39-2)29-5-3-4-24(34-29)25-9-8-20-15-31-23(14-26(20)33-25)16-32-30(36)19-6-7-21-18-40-10-11-41(37,38)28(21)13-19/h3-9,13-15,22,27H,10-12,16-18H2,1-2H3,(H,32,36)/t22-,27-/m0/s1. The lowest BCUT2D eigenvalue weighted by molar-refractivity contribution is 0.0950. The molecular formula is C30H31N5O5S. The minimum atomic E-state index is -3.51. The lowest BCUT2D eigenvalue weighted by Gasteiger charge is -2.19. The van der Waals surface area contributed by atoms with Crippen LogP contribution in [0.15, 0.2) is 65.7 Å². The van der Waals surface area contributed by atoms with Crippen LogP contribution in [0.4, 0.5) is 5.82 Å². The molecule has 0 saturated heterocycles. The van der Waals surface area contributed by atoms with Gasteiger partial charge in [-0.05, 0) is 54.4 Å². The van der Waals surface area contributed by atoms with Crippen molar-refractivity contribution in [3.63, 3.8) is 0 Å². The van der Waals surface area contributed by atoms with Gasteiger partial charge in [-0.3, -0.25) is 9.78 Å². The first-order chi connectivity index (χ1) is 19.8. The average Bonchev–Trinajstić information content (AvgIpc) is 3.78. The van der Waals surface area contributed by atoms with Gasteiger partial charge in [0.15, 0.2) is 9.84 Å². The Morgan fingerprint density at radius 2 is 1.98 bits per heavy atom. The number of anilines is 1. The predicted octanol–water partition coefficient (Wildman–Crippen LogP) is 3.40. The van der Waals surface area contributed by atoms with Crippen LogP contribution in [-0.2, 0) is 32.5 Å². The molecule has 1 aliphatic heterocycles. The molecule has 0 bridgehead atoms. The van der Waals surface area contributed by atoms with Crippen molar-refractivity contribution in [1.82, 2.24) is 20.3 Å². The summed E-state index contributed by atoms with van der Waals surface area (Å²) in [6, 6.07) is 16.8. The zero-order chi connectivity index (χ0) is 28.6. The molecule has 1 aromatic carbocycles. The minimum Gasteiger partial charge on any atom is -0.384 e. The summed E-state index contributed by atoms with van der Waals surface area (Å²) in [5.41, 5.74) is 3.72. The number of methoxy groups -OCH3 is 1. The fourth-order valence-electron chi connectivity index (χ4n) is 5.17. The third-order valence-electron chi connectivity index (χ3n) is 7.60. The first-order valence-electron chi connectivity index (χ1n) is 13.5. The number of hydrogen-bond acceptors (Lipinski definition) is 9. The molecule has 212 valence electrons. The molecule has 4 aromatic rings. The quantitative estimate of drug-likeness (QED) is 0.338. The number of amides is 1. The maximum atomic E-state index is 12.9. The topological polar surface area (TPSA) is 124 Å². The number of carbonyl (C=O) groups excluding carboxylic acids is 1. The molecule has 0 spiro atoms. The first-order valence-corrected chi connectivity index (χ1v) is 15.1. The Bertz CT molecular complexity index is 1730. The summed E-state index contributed by atoms with van der Waals surface area (Å²) in [4.78, 5) is 29.4. The summed E-state index contributed by atoms with van der Waals surface area (Å²) in [5.74, 6) is 0.933. The van der Waals surface area contributed by atoms with Gasteiger partial charge in [-0.15, -0.1) is 0 Å². The number of nitrogens with one attached hydrogen (secondary N) is 1. The van der Waals surface area contributed by atoms with Gasteiger partial charge in [-0.1, -0.05) is 12.1 Å². The Morgan fingerprint density at radius 1 is 1.12 bits per heavy atom. The van der Waals surface area contributed by atoms with Crippen LogP contribution in [-0.4, -0.2) is 68.4 Å². The largest absolute Gasteiger partial charge is 0.384 e. The molecule has 1 saturated carbocycles. The highest BCUT2D eigenvalue weighted by Crippen LogP contribution is 2.37. The Balaban J connectivity index is 1.17. The van der Waals surface area contributed by atoms with Gasteiger partial charge in [0.25, 0.3) is 5.91 Å². The number of hydrogen-bond donors (Lipinski definition) is 1. The second-order valence-corrected chi connectivity index (χ2v) is 12.5. The fourth-order valence-corrected chi connectivity index (χ4v) is 6.56. The van der Waals surface area contributed by atoms with Crippen molar-refractivity contribution in [2.24, 2.45) is 5.92 Å². The molecule has 0 unspecified atom stereocenters. The molecule has 6 rings (SSSR count). The van der Waals surface area contributed by atoms with Gasteiger partial charge >= 0.3 is 0 Å². The van der Waals surface area contributed by atoms with Crippen LogP contribution in [0.3, 0.4) is 0 Å². The Labute approximate surface area is 238 Å². The van der Waals surface area contributed by atoms with E-state index in [1.807, 2.05) is 36.4 Å². The van der Waals surface area contributed by atoms with E-state index in [0.717, 1.165) is 41.1 Å². The van der Waals surface area contributed by atoms with Gasteiger partial charge < -0.3 is 19.7 Å². The molecule has 41 heavy (non-hydrogen) atoms. The second-order valence-electron chi connectivity index (χ2n) is 10.5. The van der Waals surface area contributed by atoms with Crippen LogP contribution in [0.25, 0.3) is 22.3 Å². The van der Waals surface area contributed by atoms with E-state index in [4.69, 9.17) is 19.4 Å². The summed E-state index contributed by atoms with van der Waals surface area (Å²) in [6.45, 7) is 1.26. The van der Waals surface area contributed by atoms with Gasteiger partial charge in [0.1, 0.15) is 5.82 Å². The van der Waals surface area contributed by atoms with Crippen LogP contribution in [0, 0.1) is 5.92 Å². The van der Waals surface area contributed by atoms with Crippen LogP contribution in [0.5, 0.6) is 0 Å². The lowest BCUT2D eigenvalue weighted by atomic mass is 10.1. The monoisotopic (exact) mass is 573 g/mol. The maximum absolute atomic E-state index is 12.9. The number of aromatic nitrogens is 3. The number of sulfone groups is 1. The molecule has 0 radical (unpaired) electrons. The van der Waals surface area contributed by atoms with Crippen molar-refractivity contribution in [3.05, 3.63) is 77.6 Å². The summed E-state index contributed by atoms with van der Waals surface area (Å²) < 4.78 is 35.8. The van der Waals surface area contributed by atoms with E-state index >= 15 is 0 Å². The van der Waals surface area contributed by atoms with Crippen LogP contribution < -0.4 is 10.2 Å². The van der Waals surface area contributed by atoms with Crippen molar-refractivity contribution < 1.29 is 22.7 Å². The SMILES string of the molecule is COC[C@@H]1C[C@@H]1N(C)c1cccc(-c2ccc3cnc(CNC(=O)c4ccc5c(c4)S(=O)(=O)CCOC5)cc3n2)n1. The van der Waals surface area contributed by atoms with Crippen molar-refractivity contribution in [2.75, 3.05) is 38.0 Å². The molecule has 1 aliphatic carbocycles. The van der Waals surface area contributed by atoms with Gasteiger partial charge in [0.05, 0.1) is 59.6 Å². The van der Waals surface area contributed by atoms with Crippen molar-refractivity contribution in [3.8, 4) is 11.4 Å². The zero-order valence-corrected chi connectivity index (χ0v) is 23.7. The molecular weight excluding hydrogens is 542 g/mol. The van der Waals surface area contributed by atoms with Crippen molar-refractivity contribution >= 4 is 32.5 Å². The van der Waals surface area contributed by atoms with E-state index in [2.05, 4.69) is 22.2 Å². The number of fused-ring (bicyclic) bond motifs is 2. The van der Waals surface area contributed by atoms with Crippen molar-refractivity contribution in [1.29, 1.82) is 0 Å². The summed E-state index contributed by atoms with van der Waals surface area (Å²) in [5, 5.41) is 3.71. The van der Waals surface area contributed by atoms with Crippen molar-refractivity contribution in [2.45, 2.75) is 30.5 Å². The molecule has 2 atom stereocenters. The van der Waals surface area contributed by atoms with E-state index in [9.17, 15) is 13.2 Å². The smallest absolute Gasteiger partial charge is 0.251 e. The fraction of sp³-hybridized carbons (Fsp3) is 0.333. The van der Waals surface area contributed by atoms with E-state index in [-0.39, 0.29) is 41.9 Å². The molecule has 1 N–H and O–H groups in total. The molecule has 3 aromatic heterocycles. The maximum Gasteiger partial charge on any atom is 0.251 e. The molecule has 2 aliphatic rings. The normalized spacial score (nSPS) is 19.3. The number of pyridine rings is 3. The number of ether oxygens (including phenoxy) is 2. The molecule has 11 heteroatoms. The summed E-state index contributed by atoms with van der Waals surface area (Å²) in [7, 11) is 0.287. The third kappa shape index (κ3) is 5.79. The van der Waals surface area contributed by atoms with Gasteiger partial charge in [-0.25, -0.2) is 18.4 Å². The highest BCUT2D eigenvalue weighted by atomic mass is 32.2. The number of nitrogens with zero attached hydrogens (tertiary/aromatic N) is 4. The number of rotatable bonds is 8. The Morgan fingerprint density at radius 3 is 2.83 bits per heavy atom. The van der Waals surface area contributed by atoms with E-state index in [0.29, 0.717) is 23.2 Å². The molecule has 4 heterocycles. The number of benzene rings is 1. The second kappa shape index (κ2) is 11.2. The summed E-state index contributed by atoms with van der Waals surface area (Å²) in [6.07, 6.45) is 2.82. The van der Waals surface area contributed by atoms with Crippen LogP contribution in [0.2, 0.25) is 0 Å². The zero-order valence-electron chi connectivity index (χ0n) is 22.9.